The van der Waals surface area contributed by atoms with E-state index < -0.39 is 0 Å². The molecule has 1 aliphatic heterocycles. The van der Waals surface area contributed by atoms with E-state index >= 15 is 0 Å². The van der Waals surface area contributed by atoms with Crippen LogP contribution in [0, 0.1) is 5.92 Å². The van der Waals surface area contributed by atoms with E-state index in [1.807, 2.05) is 11.9 Å². The second-order valence-corrected chi connectivity index (χ2v) is 6.82. The summed E-state index contributed by atoms with van der Waals surface area (Å²) in [5.74, 6) is 0.150. The zero-order valence-corrected chi connectivity index (χ0v) is 14.0. The summed E-state index contributed by atoms with van der Waals surface area (Å²) in [5, 5.41) is 5.51. The Balaban J connectivity index is 1.91. The van der Waals surface area contributed by atoms with Crippen LogP contribution < -0.4 is 5.32 Å². The minimum absolute atomic E-state index is 0.0488. The molecule has 1 fully saturated rings. The van der Waals surface area contributed by atoms with Gasteiger partial charge in [0.1, 0.15) is 0 Å². The highest BCUT2D eigenvalue weighted by Crippen LogP contribution is 2.19. The molecule has 2 heterocycles. The van der Waals surface area contributed by atoms with Crippen molar-refractivity contribution in [1.82, 2.24) is 10.2 Å². The summed E-state index contributed by atoms with van der Waals surface area (Å²) in [5.41, 5.74) is 0. The molecular weight excluding hydrogens is 284 g/mol. The van der Waals surface area contributed by atoms with E-state index in [0.717, 1.165) is 19.4 Å². The fraction of sp³-hybridized carbons (Fsp3) is 0.688. The summed E-state index contributed by atoms with van der Waals surface area (Å²) < 4.78 is 5.52. The van der Waals surface area contributed by atoms with E-state index in [1.54, 1.807) is 11.3 Å². The second-order valence-electron chi connectivity index (χ2n) is 5.79. The Morgan fingerprint density at radius 1 is 1.57 bits per heavy atom. The van der Waals surface area contributed by atoms with Crippen molar-refractivity contribution in [2.75, 3.05) is 26.8 Å². The van der Waals surface area contributed by atoms with Crippen molar-refractivity contribution in [2.45, 2.75) is 38.8 Å². The third-order valence-corrected chi connectivity index (χ3v) is 5.04. The number of thiophene rings is 1. The Morgan fingerprint density at radius 2 is 2.38 bits per heavy atom. The van der Waals surface area contributed by atoms with Gasteiger partial charge >= 0.3 is 0 Å². The van der Waals surface area contributed by atoms with Gasteiger partial charge in [-0.05, 0) is 31.3 Å². The van der Waals surface area contributed by atoms with E-state index in [-0.39, 0.29) is 23.9 Å². The molecule has 5 heteroatoms. The van der Waals surface area contributed by atoms with Gasteiger partial charge in [-0.25, -0.2) is 0 Å². The Hall–Kier alpha value is -0.910. The van der Waals surface area contributed by atoms with Gasteiger partial charge in [-0.3, -0.25) is 4.79 Å². The van der Waals surface area contributed by atoms with Crippen molar-refractivity contribution in [3.63, 3.8) is 0 Å². The van der Waals surface area contributed by atoms with Crippen LogP contribution in [0.2, 0.25) is 0 Å². The first kappa shape index (κ1) is 16.5. The first-order valence-electron chi connectivity index (χ1n) is 7.73. The maximum Gasteiger partial charge on any atom is 0.229 e. The number of carbonyl (C=O) groups is 1. The number of carbonyl (C=O) groups excluding carboxylic acids is 1. The molecule has 1 aromatic rings. The van der Waals surface area contributed by atoms with Crippen molar-refractivity contribution < 1.29 is 9.53 Å². The first-order valence-corrected chi connectivity index (χ1v) is 8.61. The lowest BCUT2D eigenvalue weighted by Gasteiger charge is -2.29. The summed E-state index contributed by atoms with van der Waals surface area (Å²) in [7, 11) is 1.91. The predicted octanol–water partition coefficient (Wildman–Crippen LogP) is 2.15. The van der Waals surface area contributed by atoms with Crippen LogP contribution in [0.5, 0.6) is 0 Å². The lowest BCUT2D eigenvalue weighted by atomic mass is 10.0. The fourth-order valence-electron chi connectivity index (χ4n) is 2.66. The van der Waals surface area contributed by atoms with Gasteiger partial charge in [0, 0.05) is 30.4 Å². The van der Waals surface area contributed by atoms with Crippen molar-refractivity contribution in [3.05, 3.63) is 22.4 Å². The van der Waals surface area contributed by atoms with Crippen LogP contribution in [0.4, 0.5) is 0 Å². The van der Waals surface area contributed by atoms with Gasteiger partial charge in [-0.15, -0.1) is 11.3 Å². The standard InChI is InChI=1S/C16H26N2O2S/c1-4-7-17-15-11-20-10-14(15)16(19)18(3)12(2)9-13-6-5-8-21-13/h5-6,8,12,14-15,17H,4,7,9-11H2,1-3H3. The highest BCUT2D eigenvalue weighted by molar-refractivity contribution is 7.09. The summed E-state index contributed by atoms with van der Waals surface area (Å²) in [6, 6.07) is 4.56. The van der Waals surface area contributed by atoms with Crippen LogP contribution in [0.3, 0.4) is 0 Å². The van der Waals surface area contributed by atoms with Crippen molar-refractivity contribution in [3.8, 4) is 0 Å². The number of nitrogens with zero attached hydrogens (tertiary/aromatic N) is 1. The quantitative estimate of drug-likeness (QED) is 0.839. The molecule has 0 saturated carbocycles. The van der Waals surface area contributed by atoms with Crippen LogP contribution in [0.1, 0.15) is 25.1 Å². The van der Waals surface area contributed by atoms with E-state index in [9.17, 15) is 4.79 Å². The summed E-state index contributed by atoms with van der Waals surface area (Å²) >= 11 is 1.75. The number of rotatable bonds is 7. The molecule has 0 aliphatic carbocycles. The topological polar surface area (TPSA) is 41.6 Å². The average Bonchev–Trinajstić information content (AvgIpc) is 3.14. The molecule has 118 valence electrons. The van der Waals surface area contributed by atoms with Gasteiger partial charge in [0.05, 0.1) is 19.1 Å². The molecule has 0 spiro atoms. The summed E-state index contributed by atoms with van der Waals surface area (Å²) in [6.07, 6.45) is 1.99. The van der Waals surface area contributed by atoms with Gasteiger partial charge in [0.15, 0.2) is 0 Å². The number of likely N-dealkylation sites (N-methyl/N-ethyl adjacent to an activating group) is 1. The smallest absolute Gasteiger partial charge is 0.229 e. The zero-order valence-electron chi connectivity index (χ0n) is 13.2. The van der Waals surface area contributed by atoms with Gasteiger partial charge in [0.2, 0.25) is 5.91 Å². The molecule has 0 aromatic carbocycles. The van der Waals surface area contributed by atoms with E-state index in [2.05, 4.69) is 36.7 Å². The summed E-state index contributed by atoms with van der Waals surface area (Å²) in [6.45, 7) is 6.36. The van der Waals surface area contributed by atoms with Gasteiger partial charge < -0.3 is 15.0 Å². The highest BCUT2D eigenvalue weighted by atomic mass is 32.1. The molecule has 4 nitrogen and oxygen atoms in total. The van der Waals surface area contributed by atoms with Crippen molar-refractivity contribution in [2.24, 2.45) is 5.92 Å². The number of hydrogen-bond donors (Lipinski definition) is 1. The Morgan fingerprint density at radius 3 is 3.05 bits per heavy atom. The summed E-state index contributed by atoms with van der Waals surface area (Å²) in [4.78, 5) is 15.9. The molecule has 0 radical (unpaired) electrons. The monoisotopic (exact) mass is 310 g/mol. The number of amides is 1. The molecule has 1 saturated heterocycles. The number of ether oxygens (including phenoxy) is 1. The normalized spacial score (nSPS) is 23.2. The SMILES string of the molecule is CCCNC1COCC1C(=O)N(C)C(C)Cc1cccs1. The predicted molar refractivity (Wildman–Crippen MR) is 86.6 cm³/mol. The van der Waals surface area contributed by atoms with Gasteiger partial charge in [0.25, 0.3) is 0 Å². The van der Waals surface area contributed by atoms with E-state index in [0.29, 0.717) is 13.2 Å². The minimum atomic E-state index is -0.0488. The molecule has 1 aliphatic rings. The Kier molecular flexibility index (Phi) is 6.21. The largest absolute Gasteiger partial charge is 0.379 e. The second kappa shape index (κ2) is 7.92. The third kappa shape index (κ3) is 4.28. The molecule has 1 amide bonds. The number of hydrogen-bond acceptors (Lipinski definition) is 4. The molecule has 1 N–H and O–H groups in total. The van der Waals surface area contributed by atoms with Crippen LogP contribution in [-0.2, 0) is 16.0 Å². The lowest BCUT2D eigenvalue weighted by Crippen LogP contribution is -2.47. The Bertz CT molecular complexity index is 435. The number of nitrogens with one attached hydrogen (secondary N) is 1. The van der Waals surface area contributed by atoms with Crippen LogP contribution in [0.15, 0.2) is 17.5 Å². The third-order valence-electron chi connectivity index (χ3n) is 4.14. The molecule has 3 unspecified atom stereocenters. The van der Waals surface area contributed by atoms with Crippen LogP contribution >= 0.6 is 11.3 Å². The van der Waals surface area contributed by atoms with E-state index in [4.69, 9.17) is 4.74 Å². The van der Waals surface area contributed by atoms with E-state index in [1.165, 1.54) is 4.88 Å². The average molecular weight is 310 g/mol. The van der Waals surface area contributed by atoms with Gasteiger partial charge in [-0.1, -0.05) is 13.0 Å². The maximum absolute atomic E-state index is 12.7. The minimum Gasteiger partial charge on any atom is -0.379 e. The maximum atomic E-state index is 12.7. The molecule has 1 aromatic heterocycles. The zero-order chi connectivity index (χ0) is 15.2. The molecular formula is C16H26N2O2S. The van der Waals surface area contributed by atoms with Crippen molar-refractivity contribution in [1.29, 1.82) is 0 Å². The molecule has 3 atom stereocenters. The van der Waals surface area contributed by atoms with Crippen LogP contribution in [-0.4, -0.2) is 49.7 Å². The lowest BCUT2D eigenvalue weighted by molar-refractivity contribution is -0.136. The van der Waals surface area contributed by atoms with Crippen LogP contribution in [0.25, 0.3) is 0 Å². The molecule has 0 bridgehead atoms. The first-order chi connectivity index (χ1) is 10.1. The molecule has 2 rings (SSSR count). The van der Waals surface area contributed by atoms with Crippen molar-refractivity contribution >= 4 is 17.2 Å². The Labute approximate surface area is 131 Å². The highest BCUT2D eigenvalue weighted by Gasteiger charge is 2.36. The van der Waals surface area contributed by atoms with Gasteiger partial charge in [-0.2, -0.15) is 0 Å². The molecule has 21 heavy (non-hydrogen) atoms. The fourth-order valence-corrected chi connectivity index (χ4v) is 3.49.